The molecule has 0 bridgehead atoms. The van der Waals surface area contributed by atoms with Crippen LogP contribution in [-0.4, -0.2) is 5.71 Å². The van der Waals surface area contributed by atoms with Crippen LogP contribution in [0.4, 0.5) is 5.69 Å². The molecular formula is C52H48N2S. The summed E-state index contributed by atoms with van der Waals surface area (Å²) in [4.78, 5) is 6.66. The number of aliphatic imine (C=N–C) groups is 1. The highest BCUT2D eigenvalue weighted by atomic mass is 32.1. The summed E-state index contributed by atoms with van der Waals surface area (Å²) in [5, 5.41) is 5.09. The van der Waals surface area contributed by atoms with E-state index in [1.165, 1.54) is 119 Å². The van der Waals surface area contributed by atoms with Crippen molar-refractivity contribution in [1.82, 2.24) is 0 Å². The fourth-order valence-electron chi connectivity index (χ4n) is 12.8. The molecule has 4 atom stereocenters. The number of rotatable bonds is 3. The fraction of sp³-hybridized carbons (Fsp3) is 0.327. The molecule has 3 heteroatoms. The van der Waals surface area contributed by atoms with Crippen LogP contribution in [0.3, 0.4) is 0 Å². The number of hydrogen-bond donors (Lipinski definition) is 1. The Labute approximate surface area is 329 Å². The molecule has 4 aromatic carbocycles. The van der Waals surface area contributed by atoms with Crippen molar-refractivity contribution in [3.8, 4) is 11.1 Å². The molecular weight excluding hydrogens is 685 g/mol. The van der Waals surface area contributed by atoms with Gasteiger partial charge in [0.25, 0.3) is 0 Å². The molecule has 0 radical (unpaired) electrons. The number of thiophene rings is 1. The minimum absolute atomic E-state index is 0.108. The van der Waals surface area contributed by atoms with E-state index >= 15 is 0 Å². The van der Waals surface area contributed by atoms with Crippen LogP contribution >= 0.6 is 11.3 Å². The quantitative estimate of drug-likeness (QED) is 0.196. The second-order valence-corrected chi connectivity index (χ2v) is 18.6. The Morgan fingerprint density at radius 1 is 0.691 bits per heavy atom. The van der Waals surface area contributed by atoms with E-state index in [4.69, 9.17) is 4.99 Å². The van der Waals surface area contributed by atoms with E-state index in [1.54, 1.807) is 22.3 Å². The van der Waals surface area contributed by atoms with E-state index in [-0.39, 0.29) is 11.6 Å². The van der Waals surface area contributed by atoms with Gasteiger partial charge in [-0.25, -0.2) is 0 Å². The Morgan fingerprint density at radius 2 is 1.44 bits per heavy atom. The van der Waals surface area contributed by atoms with Crippen molar-refractivity contribution in [3.63, 3.8) is 0 Å². The first-order valence-corrected chi connectivity index (χ1v) is 22.0. The van der Waals surface area contributed by atoms with E-state index in [2.05, 4.69) is 133 Å². The first-order valence-electron chi connectivity index (χ1n) is 21.2. The Hall–Kier alpha value is -4.73. The molecule has 272 valence electrons. The van der Waals surface area contributed by atoms with E-state index in [9.17, 15) is 0 Å². The van der Waals surface area contributed by atoms with Crippen LogP contribution in [0.2, 0.25) is 0 Å². The third-order valence-corrected chi connectivity index (χ3v) is 16.3. The zero-order chi connectivity index (χ0) is 36.1. The van der Waals surface area contributed by atoms with E-state index in [0.29, 0.717) is 17.3 Å². The SMILES string of the molecule is C1=CCC2C(=C1)C1C=C3C(=CC1C21CCCCC1)c1cccc(-c2ccc(C4=NC(c5ccccc5)Nc5c4sc4ccccc54)cc2)c1C31CCCCC1. The molecule has 1 aromatic heterocycles. The zero-order valence-corrected chi connectivity index (χ0v) is 32.4. The largest absolute Gasteiger partial charge is 0.358 e. The molecule has 3 saturated carbocycles. The summed E-state index contributed by atoms with van der Waals surface area (Å²) < 4.78 is 1.30. The zero-order valence-electron chi connectivity index (χ0n) is 31.6. The van der Waals surface area contributed by atoms with Gasteiger partial charge in [0.05, 0.1) is 16.3 Å². The maximum absolute atomic E-state index is 5.42. The molecule has 1 aliphatic heterocycles. The van der Waals surface area contributed by atoms with Gasteiger partial charge in [-0.15, -0.1) is 11.3 Å². The fourth-order valence-corrected chi connectivity index (χ4v) is 14.0. The van der Waals surface area contributed by atoms with Gasteiger partial charge in [-0.05, 0) is 94.4 Å². The summed E-state index contributed by atoms with van der Waals surface area (Å²) in [6, 6.07) is 36.2. The van der Waals surface area contributed by atoms with Crippen LogP contribution in [0.15, 0.2) is 144 Å². The van der Waals surface area contributed by atoms with Gasteiger partial charge in [0.1, 0.15) is 6.17 Å². The predicted molar refractivity (Wildman–Crippen MR) is 231 cm³/mol. The van der Waals surface area contributed by atoms with Crippen LogP contribution in [0.5, 0.6) is 0 Å². The Kier molecular flexibility index (Phi) is 7.32. The average molecular weight is 733 g/mol. The molecule has 1 N–H and O–H groups in total. The second-order valence-electron chi connectivity index (χ2n) is 17.6. The van der Waals surface area contributed by atoms with Crippen LogP contribution < -0.4 is 5.32 Å². The summed E-state index contributed by atoms with van der Waals surface area (Å²) >= 11 is 1.85. The minimum atomic E-state index is -0.127. The number of anilines is 1. The highest BCUT2D eigenvalue weighted by Gasteiger charge is 2.59. The molecule has 0 amide bonds. The lowest BCUT2D eigenvalue weighted by Crippen LogP contribution is -2.36. The molecule has 2 heterocycles. The van der Waals surface area contributed by atoms with Crippen molar-refractivity contribution >= 4 is 38.4 Å². The van der Waals surface area contributed by atoms with Crippen molar-refractivity contribution in [2.45, 2.75) is 82.2 Å². The molecule has 3 fully saturated rings. The molecule has 12 rings (SSSR count). The van der Waals surface area contributed by atoms with Crippen LogP contribution in [-0.2, 0) is 5.41 Å². The third-order valence-electron chi connectivity index (χ3n) is 15.1. The highest BCUT2D eigenvalue weighted by molar-refractivity contribution is 7.22. The first kappa shape index (κ1) is 32.5. The molecule has 2 nitrogen and oxygen atoms in total. The van der Waals surface area contributed by atoms with E-state index < -0.39 is 0 Å². The summed E-state index contributed by atoms with van der Waals surface area (Å²) in [5.41, 5.74) is 16.2. The summed E-state index contributed by atoms with van der Waals surface area (Å²) in [6.07, 6.45) is 27.8. The average Bonchev–Trinajstić information content (AvgIpc) is 3.85. The maximum Gasteiger partial charge on any atom is 0.145 e. The highest BCUT2D eigenvalue weighted by Crippen LogP contribution is 2.69. The third kappa shape index (κ3) is 4.69. The monoisotopic (exact) mass is 732 g/mol. The first-order chi connectivity index (χ1) is 27.2. The van der Waals surface area contributed by atoms with Crippen LogP contribution in [0.25, 0.3) is 26.8 Å². The number of hydrogen-bond acceptors (Lipinski definition) is 3. The van der Waals surface area contributed by atoms with Gasteiger partial charge in [-0.2, -0.15) is 0 Å². The summed E-state index contributed by atoms with van der Waals surface area (Å²) in [6.45, 7) is 0. The smallest absolute Gasteiger partial charge is 0.145 e. The van der Waals surface area contributed by atoms with Gasteiger partial charge in [-0.1, -0.05) is 165 Å². The number of nitrogens with zero attached hydrogens (tertiary/aromatic N) is 1. The molecule has 55 heavy (non-hydrogen) atoms. The predicted octanol–water partition coefficient (Wildman–Crippen LogP) is 13.8. The minimum Gasteiger partial charge on any atom is -0.358 e. The molecule has 7 aliphatic rings. The lowest BCUT2D eigenvalue weighted by atomic mass is 9.59. The molecule has 4 unspecified atom stereocenters. The summed E-state index contributed by atoms with van der Waals surface area (Å²) in [7, 11) is 0. The second kappa shape index (κ2) is 12.4. The topological polar surface area (TPSA) is 24.4 Å². The van der Waals surface area contributed by atoms with Crippen molar-refractivity contribution in [2.75, 3.05) is 5.32 Å². The molecule has 0 saturated heterocycles. The Bertz CT molecular complexity index is 2510. The molecule has 2 spiro atoms. The molecule has 6 aliphatic carbocycles. The standard InChI is InChI=1S/C52H48N2S/c1-4-15-35(16-5-1)50-53-47(49-48(54-50)39-18-7-9-22-45(39)55-49)34-25-23-33(24-26-34)36-19-14-20-38-41-32-43-40(31-44(41)52(46(36)38)29-12-3-13-30-52)37-17-6-8-21-42(37)51(43)27-10-2-11-28-51/h1,4-9,14-20,22-26,31-32,40,42-43,50,54H,2-3,10-13,21,27-30H2. The van der Waals surface area contributed by atoms with Gasteiger partial charge in [0, 0.05) is 27.0 Å². The number of benzene rings is 4. The Balaban J connectivity index is 0.980. The van der Waals surface area contributed by atoms with Crippen molar-refractivity contribution < 1.29 is 0 Å². The number of nitrogens with one attached hydrogen (secondary N) is 1. The van der Waals surface area contributed by atoms with Gasteiger partial charge in [0.2, 0.25) is 0 Å². The number of fused-ring (bicyclic) bond motifs is 13. The van der Waals surface area contributed by atoms with Gasteiger partial charge in [0.15, 0.2) is 0 Å². The maximum atomic E-state index is 5.42. The van der Waals surface area contributed by atoms with Gasteiger partial charge < -0.3 is 5.32 Å². The van der Waals surface area contributed by atoms with Crippen LogP contribution in [0.1, 0.15) is 104 Å². The summed E-state index contributed by atoms with van der Waals surface area (Å²) in [5.74, 6) is 1.91. The van der Waals surface area contributed by atoms with E-state index in [1.807, 2.05) is 11.3 Å². The normalized spacial score (nSPS) is 26.5. The lowest BCUT2D eigenvalue weighted by Gasteiger charge is -2.44. The van der Waals surface area contributed by atoms with Gasteiger partial charge >= 0.3 is 0 Å². The van der Waals surface area contributed by atoms with Crippen molar-refractivity contribution in [3.05, 3.63) is 166 Å². The van der Waals surface area contributed by atoms with Crippen molar-refractivity contribution in [2.24, 2.45) is 28.2 Å². The Morgan fingerprint density at radius 3 is 2.27 bits per heavy atom. The van der Waals surface area contributed by atoms with Crippen LogP contribution in [0, 0.1) is 23.2 Å². The van der Waals surface area contributed by atoms with E-state index in [0.717, 1.165) is 11.6 Å². The lowest BCUT2D eigenvalue weighted by molar-refractivity contribution is 0.0960. The molecule has 5 aromatic rings. The van der Waals surface area contributed by atoms with Crippen molar-refractivity contribution in [1.29, 1.82) is 0 Å². The number of allylic oxidation sites excluding steroid dienone is 8. The van der Waals surface area contributed by atoms with Gasteiger partial charge in [-0.3, -0.25) is 4.99 Å².